The third-order valence-electron chi connectivity index (χ3n) is 6.58. The number of carbonyl (C=O) groups excluding carboxylic acids is 1. The number of ether oxygens (including phenoxy) is 1. The Labute approximate surface area is 218 Å². The number of nitrogens with zero attached hydrogens (tertiary/aromatic N) is 2. The van der Waals surface area contributed by atoms with E-state index in [1.54, 1.807) is 4.90 Å². The molecule has 0 fully saturated rings. The van der Waals surface area contributed by atoms with Crippen LogP contribution in [0.25, 0.3) is 10.9 Å². The number of carboxylic acid groups (broad SMARTS) is 1. The molecule has 0 bridgehead atoms. The van der Waals surface area contributed by atoms with Crippen molar-refractivity contribution in [3.63, 3.8) is 0 Å². The van der Waals surface area contributed by atoms with Crippen LogP contribution in [-0.4, -0.2) is 40.0 Å². The number of hydrogen-bond donors (Lipinski definition) is 1. The molecule has 0 saturated heterocycles. The average Bonchev–Trinajstić information content (AvgIpc) is 3.25. The van der Waals surface area contributed by atoms with Crippen LogP contribution in [0.15, 0.2) is 85.1 Å². The van der Waals surface area contributed by atoms with Gasteiger partial charge in [0.05, 0.1) is 0 Å². The molecule has 0 unspecified atom stereocenters. The van der Waals surface area contributed by atoms with Crippen LogP contribution in [0.5, 0.6) is 5.75 Å². The number of carboxylic acids is 1. The van der Waals surface area contributed by atoms with E-state index < -0.39 is 5.97 Å². The summed E-state index contributed by atoms with van der Waals surface area (Å²) in [6.07, 6.45) is 5.15. The summed E-state index contributed by atoms with van der Waals surface area (Å²) in [4.78, 5) is 25.8. The number of fused-ring (bicyclic) bond motifs is 1. The van der Waals surface area contributed by atoms with Gasteiger partial charge in [-0.3, -0.25) is 9.59 Å². The lowest BCUT2D eigenvalue weighted by Gasteiger charge is -2.18. The zero-order valence-electron chi connectivity index (χ0n) is 21.3. The second kappa shape index (κ2) is 12.8. The maximum atomic E-state index is 13.1. The average molecular weight is 499 g/mol. The first kappa shape index (κ1) is 26.0. The van der Waals surface area contributed by atoms with E-state index >= 15 is 0 Å². The fourth-order valence-corrected chi connectivity index (χ4v) is 4.44. The van der Waals surface area contributed by atoms with E-state index in [-0.39, 0.29) is 18.9 Å². The van der Waals surface area contributed by atoms with Gasteiger partial charge in [-0.2, -0.15) is 0 Å². The largest absolute Gasteiger partial charge is 0.489 e. The fraction of sp³-hybridized carbons (Fsp3) is 0.290. The van der Waals surface area contributed by atoms with Crippen LogP contribution in [0.1, 0.15) is 36.0 Å². The molecule has 6 nitrogen and oxygen atoms in total. The molecule has 0 aliphatic carbocycles. The molecule has 4 rings (SSSR count). The Morgan fingerprint density at radius 3 is 2.30 bits per heavy atom. The van der Waals surface area contributed by atoms with Gasteiger partial charge in [0.1, 0.15) is 18.9 Å². The molecular formula is C31H34N2O4. The molecule has 1 amide bonds. The third kappa shape index (κ3) is 7.46. The minimum atomic E-state index is -0.775. The van der Waals surface area contributed by atoms with Crippen LogP contribution in [0.4, 0.5) is 0 Å². The van der Waals surface area contributed by atoms with Gasteiger partial charge in [0.25, 0.3) is 0 Å². The van der Waals surface area contributed by atoms with Crippen LogP contribution >= 0.6 is 0 Å². The molecule has 1 N–H and O–H groups in total. The van der Waals surface area contributed by atoms with Gasteiger partial charge in [0.2, 0.25) is 5.91 Å². The van der Waals surface area contributed by atoms with Crippen LogP contribution in [0.3, 0.4) is 0 Å². The zero-order chi connectivity index (χ0) is 26.0. The van der Waals surface area contributed by atoms with Crippen molar-refractivity contribution in [3.05, 3.63) is 102 Å². The summed E-state index contributed by atoms with van der Waals surface area (Å²) in [5.74, 6) is 0.0463. The van der Waals surface area contributed by atoms with Gasteiger partial charge >= 0.3 is 5.97 Å². The van der Waals surface area contributed by atoms with Gasteiger partial charge < -0.3 is 19.3 Å². The molecule has 0 aliphatic rings. The van der Waals surface area contributed by atoms with E-state index in [4.69, 9.17) is 9.84 Å². The highest BCUT2D eigenvalue weighted by Gasteiger charge is 2.15. The Kier molecular flexibility index (Phi) is 8.98. The van der Waals surface area contributed by atoms with E-state index in [9.17, 15) is 9.59 Å². The second-order valence-electron chi connectivity index (χ2n) is 9.39. The first-order valence-electron chi connectivity index (χ1n) is 12.8. The molecule has 3 aromatic carbocycles. The minimum absolute atomic E-state index is 0.0506. The SMILES string of the molecule is CN(CCc1ccccc1)C(=O)Cn1cc(CCCCC(=O)O)c2cc(OCc3ccccc3)ccc21. The maximum Gasteiger partial charge on any atom is 0.303 e. The highest BCUT2D eigenvalue weighted by Crippen LogP contribution is 2.28. The molecule has 0 radical (unpaired) electrons. The minimum Gasteiger partial charge on any atom is -0.489 e. The lowest BCUT2D eigenvalue weighted by atomic mass is 10.1. The summed E-state index contributed by atoms with van der Waals surface area (Å²) in [5, 5.41) is 10.0. The van der Waals surface area contributed by atoms with Crippen molar-refractivity contribution in [2.75, 3.05) is 13.6 Å². The molecular weight excluding hydrogens is 464 g/mol. The molecule has 1 aromatic heterocycles. The summed E-state index contributed by atoms with van der Waals surface area (Å²) < 4.78 is 8.06. The number of aromatic nitrogens is 1. The van der Waals surface area contributed by atoms with Crippen molar-refractivity contribution in [1.82, 2.24) is 9.47 Å². The smallest absolute Gasteiger partial charge is 0.303 e. The monoisotopic (exact) mass is 498 g/mol. The van der Waals surface area contributed by atoms with Gasteiger partial charge in [-0.15, -0.1) is 0 Å². The molecule has 0 spiro atoms. The Morgan fingerprint density at radius 1 is 0.892 bits per heavy atom. The van der Waals surface area contributed by atoms with Crippen molar-refractivity contribution in [1.29, 1.82) is 0 Å². The fourth-order valence-electron chi connectivity index (χ4n) is 4.44. The van der Waals surface area contributed by atoms with Crippen LogP contribution in [-0.2, 0) is 35.6 Å². The Balaban J connectivity index is 1.48. The number of aryl methyl sites for hydroxylation is 1. The zero-order valence-corrected chi connectivity index (χ0v) is 21.3. The maximum absolute atomic E-state index is 13.1. The van der Waals surface area contributed by atoms with Crippen LogP contribution < -0.4 is 4.74 Å². The van der Waals surface area contributed by atoms with Crippen LogP contribution in [0.2, 0.25) is 0 Å². The van der Waals surface area contributed by atoms with Crippen molar-refractivity contribution in [2.45, 2.75) is 45.3 Å². The lowest BCUT2D eigenvalue weighted by Crippen LogP contribution is -2.31. The number of hydrogen-bond acceptors (Lipinski definition) is 3. The number of carbonyl (C=O) groups is 2. The Hall–Kier alpha value is -4.06. The number of benzene rings is 3. The summed E-state index contributed by atoms with van der Waals surface area (Å²) >= 11 is 0. The van der Waals surface area contributed by atoms with E-state index in [0.717, 1.165) is 47.0 Å². The van der Waals surface area contributed by atoms with Gasteiger partial charge in [-0.1, -0.05) is 60.7 Å². The van der Waals surface area contributed by atoms with Crippen molar-refractivity contribution < 1.29 is 19.4 Å². The molecule has 0 aliphatic heterocycles. The molecule has 0 saturated carbocycles. The number of aliphatic carboxylic acids is 1. The highest BCUT2D eigenvalue weighted by molar-refractivity contribution is 5.87. The molecule has 192 valence electrons. The van der Waals surface area contributed by atoms with Gasteiger partial charge in [-0.05, 0) is 60.6 Å². The highest BCUT2D eigenvalue weighted by atomic mass is 16.5. The Bertz CT molecular complexity index is 1320. The first-order chi connectivity index (χ1) is 18.0. The first-order valence-corrected chi connectivity index (χ1v) is 12.8. The summed E-state index contributed by atoms with van der Waals surface area (Å²) in [7, 11) is 1.85. The molecule has 6 heteroatoms. The quantitative estimate of drug-likeness (QED) is 0.239. The Morgan fingerprint density at radius 2 is 1.59 bits per heavy atom. The van der Waals surface area contributed by atoms with Crippen molar-refractivity contribution in [3.8, 4) is 5.75 Å². The molecule has 0 atom stereocenters. The van der Waals surface area contributed by atoms with Gasteiger partial charge in [-0.25, -0.2) is 0 Å². The summed E-state index contributed by atoms with van der Waals surface area (Å²) in [5.41, 5.74) is 4.38. The second-order valence-corrected chi connectivity index (χ2v) is 9.39. The summed E-state index contributed by atoms with van der Waals surface area (Å²) in [6.45, 7) is 1.38. The molecule has 37 heavy (non-hydrogen) atoms. The number of rotatable bonds is 13. The van der Waals surface area contributed by atoms with E-state index in [1.807, 2.05) is 84.5 Å². The van der Waals surface area contributed by atoms with Gasteiger partial charge in [0.15, 0.2) is 0 Å². The number of likely N-dealkylation sites (N-methyl/N-ethyl adjacent to an activating group) is 1. The van der Waals surface area contributed by atoms with E-state index in [0.29, 0.717) is 19.6 Å². The molecule has 1 heterocycles. The third-order valence-corrected chi connectivity index (χ3v) is 6.58. The normalized spacial score (nSPS) is 10.9. The van der Waals surface area contributed by atoms with E-state index in [2.05, 4.69) is 12.1 Å². The van der Waals surface area contributed by atoms with E-state index in [1.165, 1.54) is 5.56 Å². The van der Waals surface area contributed by atoms with Crippen molar-refractivity contribution >= 4 is 22.8 Å². The van der Waals surface area contributed by atoms with Gasteiger partial charge in [0, 0.05) is 37.1 Å². The predicted octanol–water partition coefficient (Wildman–Crippen LogP) is 5.72. The lowest BCUT2D eigenvalue weighted by molar-refractivity contribution is -0.137. The standard InChI is InChI=1S/C31H34N2O4/c1-32(19-18-24-10-4-2-5-11-24)30(34)22-33-21-26(14-8-9-15-31(35)36)28-20-27(16-17-29(28)33)37-23-25-12-6-3-7-13-25/h2-7,10-13,16-17,20-21H,8-9,14-15,18-19,22-23H2,1H3,(H,35,36). The van der Waals surface area contributed by atoms with Crippen molar-refractivity contribution in [2.24, 2.45) is 0 Å². The van der Waals surface area contributed by atoms with Crippen LogP contribution in [0, 0.1) is 0 Å². The predicted molar refractivity (Wildman–Crippen MR) is 146 cm³/mol. The number of amides is 1. The summed E-state index contributed by atoms with van der Waals surface area (Å²) in [6, 6.07) is 26.2. The number of unbranched alkanes of at least 4 members (excludes halogenated alkanes) is 1. The molecule has 4 aromatic rings. The topological polar surface area (TPSA) is 71.8 Å².